The van der Waals surface area contributed by atoms with Crippen molar-refractivity contribution in [3.63, 3.8) is 0 Å². The molecular formula is C15H21N3O2. The average Bonchev–Trinajstić information content (AvgIpc) is 2.89. The zero-order valence-corrected chi connectivity index (χ0v) is 12.0. The Hall–Kier alpha value is -1.88. The number of phenols is 1. The molecule has 0 fully saturated rings. The minimum atomic E-state index is 0.319. The van der Waals surface area contributed by atoms with Crippen LogP contribution in [0.4, 0.5) is 0 Å². The summed E-state index contributed by atoms with van der Waals surface area (Å²) in [6, 6.07) is 3.73. The monoisotopic (exact) mass is 275 g/mol. The van der Waals surface area contributed by atoms with Crippen LogP contribution in [0.5, 0.6) is 5.75 Å². The van der Waals surface area contributed by atoms with Crippen molar-refractivity contribution in [1.82, 2.24) is 10.1 Å². The second-order valence-electron chi connectivity index (χ2n) is 5.07. The summed E-state index contributed by atoms with van der Waals surface area (Å²) in [6.45, 7) is 4.44. The number of phenolic OH excluding ortho intramolecular Hbond substituents is 1. The summed E-state index contributed by atoms with van der Waals surface area (Å²) in [7, 11) is 0. The number of aromatic hydroxyl groups is 1. The van der Waals surface area contributed by atoms with Gasteiger partial charge in [0.05, 0.1) is 0 Å². The maximum Gasteiger partial charge on any atom is 0.226 e. The molecule has 0 spiro atoms. The predicted molar refractivity (Wildman–Crippen MR) is 77.5 cm³/mol. The predicted octanol–water partition coefficient (Wildman–Crippen LogP) is 2.73. The van der Waals surface area contributed by atoms with E-state index in [4.69, 9.17) is 10.3 Å². The Bertz CT molecular complexity index is 555. The molecule has 1 heterocycles. The lowest BCUT2D eigenvalue weighted by Crippen LogP contribution is -1.98. The minimum Gasteiger partial charge on any atom is -0.507 e. The van der Waals surface area contributed by atoms with E-state index >= 15 is 0 Å². The van der Waals surface area contributed by atoms with Gasteiger partial charge in [-0.05, 0) is 56.5 Å². The number of hydrogen-bond acceptors (Lipinski definition) is 5. The van der Waals surface area contributed by atoms with Crippen molar-refractivity contribution in [3.05, 3.63) is 29.2 Å². The highest BCUT2D eigenvalue weighted by atomic mass is 16.5. The van der Waals surface area contributed by atoms with Crippen LogP contribution in [0.15, 0.2) is 16.7 Å². The van der Waals surface area contributed by atoms with E-state index in [0.717, 1.165) is 48.9 Å². The van der Waals surface area contributed by atoms with E-state index in [1.54, 1.807) is 0 Å². The van der Waals surface area contributed by atoms with Crippen LogP contribution in [0.2, 0.25) is 0 Å². The van der Waals surface area contributed by atoms with E-state index in [0.29, 0.717) is 17.5 Å². The number of nitrogens with two attached hydrogens (primary N) is 1. The molecule has 0 saturated heterocycles. The molecule has 20 heavy (non-hydrogen) atoms. The number of unbranched alkanes of at least 4 members (excludes halogenated alkanes) is 2. The summed E-state index contributed by atoms with van der Waals surface area (Å²) in [5.74, 6) is 1.55. The second kappa shape index (κ2) is 6.52. The van der Waals surface area contributed by atoms with Crippen LogP contribution in [-0.4, -0.2) is 21.8 Å². The van der Waals surface area contributed by atoms with E-state index < -0.39 is 0 Å². The highest BCUT2D eigenvalue weighted by Crippen LogP contribution is 2.27. The third-order valence-corrected chi connectivity index (χ3v) is 3.31. The lowest BCUT2D eigenvalue weighted by molar-refractivity contribution is 0.374. The molecule has 0 amide bonds. The average molecular weight is 275 g/mol. The van der Waals surface area contributed by atoms with Gasteiger partial charge in [-0.1, -0.05) is 11.6 Å². The summed E-state index contributed by atoms with van der Waals surface area (Å²) in [6.07, 6.45) is 3.89. The molecule has 1 aromatic carbocycles. The molecule has 1 aromatic heterocycles. The molecule has 0 aliphatic rings. The van der Waals surface area contributed by atoms with Crippen molar-refractivity contribution in [2.24, 2.45) is 5.73 Å². The molecule has 3 N–H and O–H groups in total. The van der Waals surface area contributed by atoms with Gasteiger partial charge in [-0.3, -0.25) is 0 Å². The Morgan fingerprint density at radius 2 is 1.85 bits per heavy atom. The lowest BCUT2D eigenvalue weighted by atomic mass is 10.1. The molecule has 0 saturated carbocycles. The Labute approximate surface area is 118 Å². The van der Waals surface area contributed by atoms with Crippen LogP contribution in [-0.2, 0) is 6.42 Å². The number of aromatic nitrogens is 2. The molecule has 0 bridgehead atoms. The van der Waals surface area contributed by atoms with E-state index in [1.807, 2.05) is 26.0 Å². The molecular weight excluding hydrogens is 254 g/mol. The second-order valence-corrected chi connectivity index (χ2v) is 5.07. The van der Waals surface area contributed by atoms with E-state index in [9.17, 15) is 5.11 Å². The molecule has 2 rings (SSSR count). The van der Waals surface area contributed by atoms with Crippen molar-refractivity contribution in [2.75, 3.05) is 6.54 Å². The first-order chi connectivity index (χ1) is 9.61. The SMILES string of the molecule is Cc1cc(-c2noc(CCCCCN)n2)cc(C)c1O. The molecule has 0 aliphatic carbocycles. The number of benzene rings is 1. The first-order valence-corrected chi connectivity index (χ1v) is 6.95. The molecule has 5 heteroatoms. The topological polar surface area (TPSA) is 85.2 Å². The Balaban J connectivity index is 2.08. The highest BCUT2D eigenvalue weighted by molar-refractivity contribution is 5.60. The van der Waals surface area contributed by atoms with Crippen molar-refractivity contribution < 1.29 is 9.63 Å². The van der Waals surface area contributed by atoms with Crippen molar-refractivity contribution >= 4 is 0 Å². The van der Waals surface area contributed by atoms with E-state index in [2.05, 4.69) is 10.1 Å². The van der Waals surface area contributed by atoms with Crippen LogP contribution in [0.25, 0.3) is 11.4 Å². The normalized spacial score (nSPS) is 10.9. The summed E-state index contributed by atoms with van der Waals surface area (Å²) in [4.78, 5) is 4.40. The third kappa shape index (κ3) is 3.36. The van der Waals surface area contributed by atoms with Gasteiger partial charge in [-0.2, -0.15) is 4.98 Å². The maximum absolute atomic E-state index is 9.78. The fourth-order valence-corrected chi connectivity index (χ4v) is 2.16. The van der Waals surface area contributed by atoms with Gasteiger partial charge in [-0.25, -0.2) is 0 Å². The van der Waals surface area contributed by atoms with Crippen LogP contribution in [0.3, 0.4) is 0 Å². The largest absolute Gasteiger partial charge is 0.507 e. The Morgan fingerprint density at radius 3 is 2.50 bits per heavy atom. The van der Waals surface area contributed by atoms with Gasteiger partial charge in [-0.15, -0.1) is 0 Å². The molecule has 5 nitrogen and oxygen atoms in total. The van der Waals surface area contributed by atoms with Crippen molar-refractivity contribution in [2.45, 2.75) is 39.5 Å². The maximum atomic E-state index is 9.78. The summed E-state index contributed by atoms with van der Waals surface area (Å²) in [5.41, 5.74) is 7.96. The standard InChI is InChI=1S/C15H21N3O2/c1-10-8-12(9-11(2)14(10)19)15-17-13(20-18-15)6-4-3-5-7-16/h8-9,19H,3-7,16H2,1-2H3. The zero-order chi connectivity index (χ0) is 14.5. The summed E-state index contributed by atoms with van der Waals surface area (Å²) in [5, 5.41) is 13.8. The van der Waals surface area contributed by atoms with Gasteiger partial charge < -0.3 is 15.4 Å². The molecule has 0 unspecified atom stereocenters. The van der Waals surface area contributed by atoms with Crippen molar-refractivity contribution in [1.29, 1.82) is 0 Å². The number of hydrogen-bond donors (Lipinski definition) is 2. The van der Waals surface area contributed by atoms with E-state index in [1.165, 1.54) is 0 Å². The minimum absolute atomic E-state index is 0.319. The molecule has 108 valence electrons. The highest BCUT2D eigenvalue weighted by Gasteiger charge is 2.11. The third-order valence-electron chi connectivity index (χ3n) is 3.31. The fraction of sp³-hybridized carbons (Fsp3) is 0.467. The number of nitrogens with zero attached hydrogens (tertiary/aromatic N) is 2. The van der Waals surface area contributed by atoms with Gasteiger partial charge in [0.1, 0.15) is 5.75 Å². The van der Waals surface area contributed by atoms with Crippen LogP contribution < -0.4 is 5.73 Å². The summed E-state index contributed by atoms with van der Waals surface area (Å²) >= 11 is 0. The van der Waals surface area contributed by atoms with Crippen LogP contribution in [0, 0.1) is 13.8 Å². The fourth-order valence-electron chi connectivity index (χ4n) is 2.16. The Morgan fingerprint density at radius 1 is 1.15 bits per heavy atom. The van der Waals surface area contributed by atoms with Gasteiger partial charge in [0.2, 0.25) is 11.7 Å². The van der Waals surface area contributed by atoms with Gasteiger partial charge >= 0.3 is 0 Å². The van der Waals surface area contributed by atoms with E-state index in [-0.39, 0.29) is 0 Å². The van der Waals surface area contributed by atoms with Crippen molar-refractivity contribution in [3.8, 4) is 17.1 Å². The number of aryl methyl sites for hydroxylation is 3. The molecule has 0 aliphatic heterocycles. The molecule has 0 atom stereocenters. The van der Waals surface area contributed by atoms with Crippen LogP contribution in [0.1, 0.15) is 36.3 Å². The quantitative estimate of drug-likeness (QED) is 0.792. The molecule has 2 aromatic rings. The van der Waals surface area contributed by atoms with Gasteiger partial charge in [0.15, 0.2) is 0 Å². The lowest BCUT2D eigenvalue weighted by Gasteiger charge is -2.04. The zero-order valence-electron chi connectivity index (χ0n) is 12.0. The Kier molecular flexibility index (Phi) is 4.74. The van der Waals surface area contributed by atoms with Crippen LogP contribution >= 0.6 is 0 Å². The number of rotatable bonds is 6. The van der Waals surface area contributed by atoms with Gasteiger partial charge in [0.25, 0.3) is 0 Å². The van der Waals surface area contributed by atoms with Gasteiger partial charge in [0, 0.05) is 12.0 Å². The first kappa shape index (κ1) is 14.5. The molecule has 0 radical (unpaired) electrons. The smallest absolute Gasteiger partial charge is 0.226 e. The summed E-state index contributed by atoms with van der Waals surface area (Å²) < 4.78 is 5.25. The first-order valence-electron chi connectivity index (χ1n) is 6.95.